The normalized spacial score (nSPS) is 10.2. The van der Waals surface area contributed by atoms with Crippen LogP contribution >= 0.6 is 11.3 Å². The van der Waals surface area contributed by atoms with Crippen LogP contribution in [0, 0.1) is 0 Å². The van der Waals surface area contributed by atoms with Crippen molar-refractivity contribution >= 4 is 17.0 Å². The average Bonchev–Trinajstić information content (AvgIpc) is 2.83. The second-order valence-corrected chi connectivity index (χ2v) is 4.41. The molecular weight excluding hydrogens is 218 g/mol. The van der Waals surface area contributed by atoms with E-state index in [1.807, 2.05) is 29.9 Å². The summed E-state index contributed by atoms with van der Waals surface area (Å²) in [6.45, 7) is 2.79. The Hall–Kier alpha value is -1.39. The minimum Gasteiger partial charge on any atom is -0.384 e. The summed E-state index contributed by atoms with van der Waals surface area (Å²) in [5, 5.41) is 6.72. The molecule has 2 aromatic rings. The molecule has 0 aliphatic carbocycles. The number of nitrogens with zero attached hydrogens (tertiary/aromatic N) is 1. The summed E-state index contributed by atoms with van der Waals surface area (Å²) in [6, 6.07) is 10.2. The first-order chi connectivity index (χ1) is 7.95. The largest absolute Gasteiger partial charge is 0.384 e. The van der Waals surface area contributed by atoms with Gasteiger partial charge in [0.2, 0.25) is 0 Å². The Morgan fingerprint density at radius 2 is 2.00 bits per heavy atom. The van der Waals surface area contributed by atoms with E-state index >= 15 is 0 Å². The van der Waals surface area contributed by atoms with Gasteiger partial charge in [-0.05, 0) is 12.1 Å². The Morgan fingerprint density at radius 1 is 1.12 bits per heavy atom. The van der Waals surface area contributed by atoms with Crippen LogP contribution in [0.1, 0.15) is 4.88 Å². The summed E-state index contributed by atoms with van der Waals surface area (Å²) in [7, 11) is 0. The van der Waals surface area contributed by atoms with E-state index in [2.05, 4.69) is 27.8 Å². The second kappa shape index (κ2) is 6.25. The van der Waals surface area contributed by atoms with Crippen molar-refractivity contribution in [2.45, 2.75) is 6.54 Å². The van der Waals surface area contributed by atoms with Gasteiger partial charge in [-0.25, -0.2) is 0 Å². The highest BCUT2D eigenvalue weighted by Gasteiger charge is 1.93. The summed E-state index contributed by atoms with van der Waals surface area (Å²) < 4.78 is 0. The van der Waals surface area contributed by atoms with Gasteiger partial charge >= 0.3 is 0 Å². The molecule has 0 aliphatic rings. The lowest BCUT2D eigenvalue weighted by molar-refractivity contribution is 0.713. The van der Waals surface area contributed by atoms with Crippen molar-refractivity contribution < 1.29 is 0 Å². The monoisotopic (exact) mass is 233 g/mol. The first-order valence-corrected chi connectivity index (χ1v) is 6.20. The Bertz CT molecular complexity index is 386. The molecule has 0 fully saturated rings. The van der Waals surface area contributed by atoms with Gasteiger partial charge in [-0.15, -0.1) is 11.3 Å². The Morgan fingerprint density at radius 3 is 2.75 bits per heavy atom. The van der Waals surface area contributed by atoms with Gasteiger partial charge in [-0.3, -0.25) is 4.98 Å². The van der Waals surface area contributed by atoms with Crippen molar-refractivity contribution in [2.24, 2.45) is 0 Å². The Labute approximate surface area is 99.5 Å². The van der Waals surface area contributed by atoms with Gasteiger partial charge in [0.05, 0.1) is 5.51 Å². The number of anilines is 1. The molecule has 2 rings (SSSR count). The minimum atomic E-state index is 0.904. The molecule has 0 spiro atoms. The third-order valence-electron chi connectivity index (χ3n) is 2.19. The van der Waals surface area contributed by atoms with Crippen molar-refractivity contribution in [3.05, 3.63) is 46.9 Å². The highest BCUT2D eigenvalue weighted by Crippen LogP contribution is 2.04. The maximum Gasteiger partial charge on any atom is 0.0794 e. The average molecular weight is 233 g/mol. The zero-order valence-corrected chi connectivity index (χ0v) is 9.83. The van der Waals surface area contributed by atoms with Gasteiger partial charge in [0, 0.05) is 36.4 Å². The van der Waals surface area contributed by atoms with Gasteiger partial charge in [0.1, 0.15) is 0 Å². The predicted octanol–water partition coefficient (Wildman–Crippen LogP) is 2.34. The number of hydrogen-bond acceptors (Lipinski definition) is 4. The number of nitrogens with one attached hydrogen (secondary N) is 2. The molecule has 16 heavy (non-hydrogen) atoms. The number of aromatic nitrogens is 1. The fraction of sp³-hybridized carbons (Fsp3) is 0.250. The van der Waals surface area contributed by atoms with Crippen molar-refractivity contribution in [3.8, 4) is 0 Å². The lowest BCUT2D eigenvalue weighted by Gasteiger charge is -2.06. The van der Waals surface area contributed by atoms with Crippen molar-refractivity contribution in [1.29, 1.82) is 0 Å². The van der Waals surface area contributed by atoms with Gasteiger partial charge < -0.3 is 10.6 Å². The first-order valence-electron chi connectivity index (χ1n) is 5.32. The van der Waals surface area contributed by atoms with Crippen LogP contribution in [0.4, 0.5) is 5.69 Å². The lowest BCUT2D eigenvalue weighted by Crippen LogP contribution is -2.21. The van der Waals surface area contributed by atoms with E-state index in [0.29, 0.717) is 0 Å². The molecule has 1 aromatic carbocycles. The zero-order valence-electron chi connectivity index (χ0n) is 9.02. The summed E-state index contributed by atoms with van der Waals surface area (Å²) >= 11 is 1.68. The minimum absolute atomic E-state index is 0.904. The molecule has 0 atom stereocenters. The first kappa shape index (κ1) is 11.1. The van der Waals surface area contributed by atoms with Crippen LogP contribution in [0.25, 0.3) is 0 Å². The maximum absolute atomic E-state index is 4.03. The van der Waals surface area contributed by atoms with Crippen LogP contribution in [0.5, 0.6) is 0 Å². The quantitative estimate of drug-likeness (QED) is 0.752. The van der Waals surface area contributed by atoms with Crippen LogP contribution in [-0.4, -0.2) is 18.1 Å². The van der Waals surface area contributed by atoms with E-state index in [9.17, 15) is 0 Å². The fourth-order valence-electron chi connectivity index (χ4n) is 1.39. The van der Waals surface area contributed by atoms with Crippen molar-refractivity contribution in [3.63, 3.8) is 0 Å². The van der Waals surface area contributed by atoms with Crippen LogP contribution in [-0.2, 0) is 6.54 Å². The summed E-state index contributed by atoms with van der Waals surface area (Å²) in [6.07, 6.45) is 1.91. The van der Waals surface area contributed by atoms with E-state index in [1.165, 1.54) is 10.6 Å². The van der Waals surface area contributed by atoms with Crippen LogP contribution in [0.15, 0.2) is 42.0 Å². The van der Waals surface area contributed by atoms with Gasteiger partial charge in [-0.1, -0.05) is 18.2 Å². The Kier molecular flexibility index (Phi) is 4.34. The Balaban J connectivity index is 1.59. The van der Waals surface area contributed by atoms with E-state index in [4.69, 9.17) is 0 Å². The number of thiazole rings is 1. The molecule has 0 bridgehead atoms. The number of hydrogen-bond donors (Lipinski definition) is 2. The van der Waals surface area contributed by atoms with E-state index in [1.54, 1.807) is 11.3 Å². The maximum atomic E-state index is 4.03. The third kappa shape index (κ3) is 3.64. The molecule has 0 amide bonds. The van der Waals surface area contributed by atoms with Crippen LogP contribution in [0.2, 0.25) is 0 Å². The number of rotatable bonds is 6. The van der Waals surface area contributed by atoms with Crippen LogP contribution in [0.3, 0.4) is 0 Å². The van der Waals surface area contributed by atoms with Crippen molar-refractivity contribution in [1.82, 2.24) is 10.3 Å². The molecule has 0 aliphatic heterocycles. The molecule has 4 heteroatoms. The number of para-hydroxylation sites is 1. The molecule has 0 radical (unpaired) electrons. The molecule has 0 unspecified atom stereocenters. The number of benzene rings is 1. The standard InChI is InChI=1S/C12H15N3S/c1-2-4-11(5-3-1)15-7-6-13-8-12-9-14-10-16-12/h1-5,9-10,13,15H,6-8H2. The second-order valence-electron chi connectivity index (χ2n) is 3.44. The van der Waals surface area contributed by atoms with Gasteiger partial charge in [-0.2, -0.15) is 0 Å². The lowest BCUT2D eigenvalue weighted by atomic mass is 10.3. The molecule has 3 nitrogen and oxygen atoms in total. The smallest absolute Gasteiger partial charge is 0.0794 e. The molecule has 1 aromatic heterocycles. The highest BCUT2D eigenvalue weighted by atomic mass is 32.1. The van der Waals surface area contributed by atoms with E-state index in [-0.39, 0.29) is 0 Å². The molecule has 2 N–H and O–H groups in total. The summed E-state index contributed by atoms with van der Waals surface area (Å²) in [5.41, 5.74) is 3.03. The molecule has 1 heterocycles. The van der Waals surface area contributed by atoms with Gasteiger partial charge in [0.15, 0.2) is 0 Å². The van der Waals surface area contributed by atoms with E-state index in [0.717, 1.165) is 19.6 Å². The molecule has 0 saturated heterocycles. The summed E-state index contributed by atoms with van der Waals surface area (Å²) in [5.74, 6) is 0. The predicted molar refractivity (Wildman–Crippen MR) is 68.8 cm³/mol. The van der Waals surface area contributed by atoms with Crippen LogP contribution < -0.4 is 10.6 Å². The van der Waals surface area contributed by atoms with Crippen molar-refractivity contribution in [2.75, 3.05) is 18.4 Å². The molecule has 84 valence electrons. The van der Waals surface area contributed by atoms with E-state index < -0.39 is 0 Å². The highest BCUT2D eigenvalue weighted by molar-refractivity contribution is 7.09. The van der Waals surface area contributed by atoms with Gasteiger partial charge in [0.25, 0.3) is 0 Å². The third-order valence-corrected chi connectivity index (χ3v) is 2.97. The molecule has 0 saturated carbocycles. The molecular formula is C12H15N3S. The fourth-order valence-corrected chi connectivity index (χ4v) is 1.96. The zero-order chi connectivity index (χ0) is 11.1. The summed E-state index contributed by atoms with van der Waals surface area (Å²) in [4.78, 5) is 5.31. The topological polar surface area (TPSA) is 37.0 Å². The SMILES string of the molecule is c1ccc(NCCNCc2cncs2)cc1.